The molecule has 1 aromatic rings. The lowest BCUT2D eigenvalue weighted by Crippen LogP contribution is -2.46. The van der Waals surface area contributed by atoms with Crippen molar-refractivity contribution >= 4 is 23.8 Å². The molecule has 2 saturated heterocycles. The lowest BCUT2D eigenvalue weighted by molar-refractivity contribution is -0.133. The molecule has 1 aromatic heterocycles. The molecule has 0 unspecified atom stereocenters. The van der Waals surface area contributed by atoms with Crippen LogP contribution in [0.25, 0.3) is 0 Å². The first-order chi connectivity index (χ1) is 11.9. The predicted molar refractivity (Wildman–Crippen MR) is 81.4 cm³/mol. The maximum Gasteiger partial charge on any atom is 0.358 e. The monoisotopic (exact) mass is 350 g/mol. The molecule has 0 bridgehead atoms. The highest BCUT2D eigenvalue weighted by atomic mass is 16.4. The Morgan fingerprint density at radius 3 is 2.80 bits per heavy atom. The van der Waals surface area contributed by atoms with E-state index in [4.69, 9.17) is 5.11 Å². The summed E-state index contributed by atoms with van der Waals surface area (Å²) in [6.07, 6.45) is 3.06. The highest BCUT2D eigenvalue weighted by Gasteiger charge is 2.31. The molecule has 0 spiro atoms. The second-order valence-corrected chi connectivity index (χ2v) is 6.19. The normalized spacial score (nSPS) is 20.7. The van der Waals surface area contributed by atoms with Gasteiger partial charge in [0.05, 0.1) is 6.20 Å². The van der Waals surface area contributed by atoms with E-state index in [-0.39, 0.29) is 30.6 Å². The molecule has 2 N–H and O–H groups in total. The number of urea groups is 1. The molecule has 0 saturated carbocycles. The highest BCUT2D eigenvalue weighted by molar-refractivity contribution is 6.03. The zero-order valence-electron chi connectivity index (χ0n) is 13.4. The van der Waals surface area contributed by atoms with Crippen LogP contribution in [0.2, 0.25) is 0 Å². The van der Waals surface area contributed by atoms with E-state index in [1.165, 1.54) is 15.8 Å². The van der Waals surface area contributed by atoms with Gasteiger partial charge in [0, 0.05) is 19.6 Å². The first-order valence-corrected chi connectivity index (χ1v) is 7.92. The standard InChI is InChI=1S/C14H18N6O5/c21-11-7-19(14(25)15-11)8-12(22)18-3-1-2-9(4-18)5-20-6-10(13(23)24)16-17-20/h6,9H,1-5,7-8H2,(H,23,24)(H,15,21,25)/t9-/m0/s1. The Bertz CT molecular complexity index is 716. The number of nitrogens with zero attached hydrogens (tertiary/aromatic N) is 5. The summed E-state index contributed by atoms with van der Waals surface area (Å²) in [7, 11) is 0. The third-order valence-electron chi connectivity index (χ3n) is 4.27. The Labute approximate surface area is 142 Å². The van der Waals surface area contributed by atoms with Crippen LogP contribution in [-0.4, -0.2) is 79.9 Å². The van der Waals surface area contributed by atoms with E-state index in [2.05, 4.69) is 15.6 Å². The number of carbonyl (C=O) groups is 4. The largest absolute Gasteiger partial charge is 0.476 e. The minimum atomic E-state index is -1.13. The second-order valence-electron chi connectivity index (χ2n) is 6.19. The smallest absolute Gasteiger partial charge is 0.358 e. The van der Waals surface area contributed by atoms with Crippen LogP contribution >= 0.6 is 0 Å². The number of aromatic carboxylic acids is 1. The van der Waals surface area contributed by atoms with Gasteiger partial charge in [0.1, 0.15) is 13.1 Å². The summed E-state index contributed by atoms with van der Waals surface area (Å²) in [4.78, 5) is 48.8. The number of carboxylic acids is 1. The maximum atomic E-state index is 12.4. The molecule has 2 fully saturated rings. The molecule has 11 nitrogen and oxygen atoms in total. The third-order valence-corrected chi connectivity index (χ3v) is 4.27. The summed E-state index contributed by atoms with van der Waals surface area (Å²) in [5.41, 5.74) is -0.117. The lowest BCUT2D eigenvalue weighted by atomic mass is 9.98. The number of aromatic nitrogens is 3. The molecule has 134 valence electrons. The van der Waals surface area contributed by atoms with E-state index in [1.807, 2.05) is 0 Å². The average Bonchev–Trinajstić information content (AvgIpc) is 3.14. The molecule has 0 radical (unpaired) electrons. The number of likely N-dealkylation sites (tertiary alicyclic amines) is 1. The summed E-state index contributed by atoms with van der Waals surface area (Å²) >= 11 is 0. The van der Waals surface area contributed by atoms with Gasteiger partial charge in [-0.3, -0.25) is 19.6 Å². The van der Waals surface area contributed by atoms with Crippen LogP contribution in [-0.2, 0) is 16.1 Å². The van der Waals surface area contributed by atoms with Crippen LogP contribution < -0.4 is 5.32 Å². The molecule has 0 aliphatic carbocycles. The van der Waals surface area contributed by atoms with Crippen molar-refractivity contribution in [1.29, 1.82) is 0 Å². The van der Waals surface area contributed by atoms with Gasteiger partial charge in [0.2, 0.25) is 11.8 Å². The maximum absolute atomic E-state index is 12.4. The van der Waals surface area contributed by atoms with Crippen molar-refractivity contribution in [3.8, 4) is 0 Å². The summed E-state index contributed by atoms with van der Waals surface area (Å²) in [5.74, 6) is -1.63. The van der Waals surface area contributed by atoms with E-state index < -0.39 is 17.9 Å². The third kappa shape index (κ3) is 3.92. The number of imide groups is 1. The van der Waals surface area contributed by atoms with E-state index in [9.17, 15) is 19.2 Å². The van der Waals surface area contributed by atoms with Crippen LogP contribution in [0, 0.1) is 5.92 Å². The van der Waals surface area contributed by atoms with Gasteiger partial charge in [0.15, 0.2) is 5.69 Å². The van der Waals surface area contributed by atoms with Gasteiger partial charge < -0.3 is 14.9 Å². The summed E-state index contributed by atoms with van der Waals surface area (Å²) in [5, 5.41) is 18.4. The molecule has 3 heterocycles. The van der Waals surface area contributed by atoms with Crippen molar-refractivity contribution in [2.24, 2.45) is 5.92 Å². The molecular weight excluding hydrogens is 332 g/mol. The van der Waals surface area contributed by atoms with E-state index >= 15 is 0 Å². The van der Waals surface area contributed by atoms with E-state index in [1.54, 1.807) is 4.90 Å². The fourth-order valence-electron chi connectivity index (χ4n) is 3.06. The van der Waals surface area contributed by atoms with Crippen LogP contribution in [0.1, 0.15) is 23.3 Å². The van der Waals surface area contributed by atoms with Crippen molar-refractivity contribution < 1.29 is 24.3 Å². The number of piperidine rings is 1. The number of carboxylic acid groups (broad SMARTS) is 1. The molecule has 3 rings (SSSR count). The Balaban J connectivity index is 1.55. The molecule has 4 amide bonds. The SMILES string of the molecule is O=C1CN(CC(=O)N2CCC[C@H](Cn3cc(C(=O)O)nn3)C2)C(=O)N1. The van der Waals surface area contributed by atoms with Crippen molar-refractivity contribution in [3.63, 3.8) is 0 Å². The zero-order valence-corrected chi connectivity index (χ0v) is 13.4. The Morgan fingerprint density at radius 2 is 2.16 bits per heavy atom. The molecule has 0 aromatic carbocycles. The van der Waals surface area contributed by atoms with Crippen molar-refractivity contribution in [2.45, 2.75) is 19.4 Å². The number of nitrogens with one attached hydrogen (secondary N) is 1. The molecular formula is C14H18N6O5. The number of hydrogen-bond donors (Lipinski definition) is 2. The van der Waals surface area contributed by atoms with Crippen LogP contribution in [0.4, 0.5) is 4.79 Å². The second kappa shape index (κ2) is 6.87. The number of carbonyl (C=O) groups excluding carboxylic acids is 3. The highest BCUT2D eigenvalue weighted by Crippen LogP contribution is 2.18. The van der Waals surface area contributed by atoms with Crippen LogP contribution in [0.3, 0.4) is 0 Å². The van der Waals surface area contributed by atoms with Gasteiger partial charge in [-0.25, -0.2) is 9.59 Å². The van der Waals surface area contributed by atoms with Crippen LogP contribution in [0.5, 0.6) is 0 Å². The van der Waals surface area contributed by atoms with Gasteiger partial charge in [-0.1, -0.05) is 5.21 Å². The molecule has 2 aliphatic rings. The van der Waals surface area contributed by atoms with E-state index in [0.717, 1.165) is 12.8 Å². The van der Waals surface area contributed by atoms with Crippen LogP contribution in [0.15, 0.2) is 6.20 Å². The van der Waals surface area contributed by atoms with Crippen molar-refractivity contribution in [1.82, 2.24) is 30.1 Å². The fourth-order valence-corrected chi connectivity index (χ4v) is 3.06. The van der Waals surface area contributed by atoms with Gasteiger partial charge in [-0.2, -0.15) is 0 Å². The molecule has 2 aliphatic heterocycles. The number of amides is 4. The lowest BCUT2D eigenvalue weighted by Gasteiger charge is -2.33. The number of hydrogen-bond acceptors (Lipinski definition) is 6. The molecule has 25 heavy (non-hydrogen) atoms. The molecule has 1 atom stereocenters. The van der Waals surface area contributed by atoms with Crippen molar-refractivity contribution in [3.05, 3.63) is 11.9 Å². The van der Waals surface area contributed by atoms with Crippen molar-refractivity contribution in [2.75, 3.05) is 26.2 Å². The van der Waals surface area contributed by atoms with Gasteiger partial charge in [0.25, 0.3) is 0 Å². The Kier molecular flexibility index (Phi) is 4.63. The average molecular weight is 350 g/mol. The van der Waals surface area contributed by atoms with Gasteiger partial charge in [-0.15, -0.1) is 5.10 Å². The summed E-state index contributed by atoms with van der Waals surface area (Å²) < 4.78 is 1.47. The quantitative estimate of drug-likeness (QED) is 0.634. The minimum absolute atomic E-state index is 0.0984. The zero-order chi connectivity index (χ0) is 18.0. The summed E-state index contributed by atoms with van der Waals surface area (Å²) in [6, 6.07) is -0.546. The Morgan fingerprint density at radius 1 is 1.36 bits per heavy atom. The van der Waals surface area contributed by atoms with Gasteiger partial charge >= 0.3 is 12.0 Å². The van der Waals surface area contributed by atoms with E-state index in [0.29, 0.717) is 19.6 Å². The summed E-state index contributed by atoms with van der Waals surface area (Å²) in [6.45, 7) is 1.32. The minimum Gasteiger partial charge on any atom is -0.476 e. The fraction of sp³-hybridized carbons (Fsp3) is 0.571. The topological polar surface area (TPSA) is 138 Å². The van der Waals surface area contributed by atoms with Gasteiger partial charge in [-0.05, 0) is 18.8 Å². The Hall–Kier alpha value is -2.98. The first-order valence-electron chi connectivity index (χ1n) is 7.92. The first kappa shape index (κ1) is 16.9. The predicted octanol–water partition coefficient (Wildman–Crippen LogP) is -1.23. The molecule has 11 heteroatoms. The number of rotatable bonds is 5.